The van der Waals surface area contributed by atoms with Gasteiger partial charge in [-0.1, -0.05) is 6.08 Å². The first kappa shape index (κ1) is 16.9. The minimum atomic E-state index is -2.76. The molecular weight excluding hydrogens is 240 g/mol. The van der Waals surface area contributed by atoms with Crippen molar-refractivity contribution in [3.05, 3.63) is 12.2 Å². The van der Waals surface area contributed by atoms with Gasteiger partial charge in [0, 0.05) is 18.5 Å². The standard InChI is InChI=1S/C12H21F2N3O/c1-9(4-5-11(3)18-12(13)14)16-6-7-17-10(2)8-15/h4-5,7,10-12H,6,8,15H2,1-3H3/b5-4-,16-9?,17-7?. The molecule has 0 aromatic rings. The van der Waals surface area contributed by atoms with E-state index in [0.29, 0.717) is 13.1 Å². The average Bonchev–Trinajstić information content (AvgIpc) is 2.30. The van der Waals surface area contributed by atoms with E-state index in [1.165, 1.54) is 6.08 Å². The average molecular weight is 261 g/mol. The maximum absolute atomic E-state index is 11.9. The quantitative estimate of drug-likeness (QED) is 0.680. The fraction of sp³-hybridized carbons (Fsp3) is 0.667. The summed E-state index contributed by atoms with van der Waals surface area (Å²) in [6, 6.07) is 0.0931. The number of alkyl halides is 2. The largest absolute Gasteiger partial charge is 0.345 e. The van der Waals surface area contributed by atoms with Gasteiger partial charge in [0.25, 0.3) is 0 Å². The van der Waals surface area contributed by atoms with E-state index in [9.17, 15) is 8.78 Å². The Labute approximate surface area is 107 Å². The molecule has 0 heterocycles. The Hall–Kier alpha value is -1.14. The third-order valence-corrected chi connectivity index (χ3v) is 2.05. The molecule has 0 radical (unpaired) electrons. The molecule has 4 nitrogen and oxygen atoms in total. The summed E-state index contributed by atoms with van der Waals surface area (Å²) in [5.41, 5.74) is 6.13. The monoisotopic (exact) mass is 261 g/mol. The predicted molar refractivity (Wildman–Crippen MR) is 70.7 cm³/mol. The number of nitrogens with two attached hydrogens (primary N) is 1. The van der Waals surface area contributed by atoms with E-state index >= 15 is 0 Å². The number of hydrogen-bond acceptors (Lipinski definition) is 4. The van der Waals surface area contributed by atoms with Crippen LogP contribution in [0, 0.1) is 0 Å². The lowest BCUT2D eigenvalue weighted by molar-refractivity contribution is -0.145. The predicted octanol–water partition coefficient (Wildman–Crippen LogP) is 2.05. The number of hydrogen-bond donors (Lipinski definition) is 1. The molecule has 2 unspecified atom stereocenters. The summed E-state index contributed by atoms with van der Waals surface area (Å²) in [7, 11) is 0. The van der Waals surface area contributed by atoms with Crippen molar-refractivity contribution in [3.8, 4) is 0 Å². The highest BCUT2D eigenvalue weighted by atomic mass is 19.3. The van der Waals surface area contributed by atoms with Crippen molar-refractivity contribution in [2.75, 3.05) is 13.1 Å². The maximum Gasteiger partial charge on any atom is 0.345 e. The molecule has 0 saturated carbocycles. The molecule has 0 amide bonds. The van der Waals surface area contributed by atoms with E-state index in [-0.39, 0.29) is 6.04 Å². The van der Waals surface area contributed by atoms with Crippen molar-refractivity contribution in [1.82, 2.24) is 0 Å². The summed E-state index contributed by atoms with van der Waals surface area (Å²) in [5.74, 6) is 0. The molecule has 0 bridgehead atoms. The highest BCUT2D eigenvalue weighted by Crippen LogP contribution is 2.02. The van der Waals surface area contributed by atoms with Crippen LogP contribution < -0.4 is 5.73 Å². The molecule has 0 aliphatic heterocycles. The summed E-state index contributed by atoms with van der Waals surface area (Å²) >= 11 is 0. The molecule has 6 heteroatoms. The van der Waals surface area contributed by atoms with Crippen molar-refractivity contribution >= 4 is 11.9 Å². The Morgan fingerprint density at radius 1 is 1.39 bits per heavy atom. The van der Waals surface area contributed by atoms with Crippen LogP contribution in [-0.2, 0) is 4.74 Å². The number of rotatable bonds is 8. The second kappa shape index (κ2) is 9.85. The molecule has 0 aliphatic carbocycles. The van der Waals surface area contributed by atoms with Gasteiger partial charge >= 0.3 is 6.61 Å². The lowest BCUT2D eigenvalue weighted by atomic mass is 10.3. The highest BCUT2D eigenvalue weighted by molar-refractivity contribution is 5.93. The summed E-state index contributed by atoms with van der Waals surface area (Å²) in [6.45, 7) is 3.43. The van der Waals surface area contributed by atoms with Gasteiger partial charge in [0.2, 0.25) is 0 Å². The van der Waals surface area contributed by atoms with Crippen LogP contribution in [0.4, 0.5) is 8.78 Å². The zero-order valence-corrected chi connectivity index (χ0v) is 11.0. The van der Waals surface area contributed by atoms with Gasteiger partial charge in [-0.3, -0.25) is 9.98 Å². The van der Waals surface area contributed by atoms with E-state index < -0.39 is 12.7 Å². The molecule has 0 fully saturated rings. The van der Waals surface area contributed by atoms with E-state index in [1.807, 2.05) is 6.92 Å². The van der Waals surface area contributed by atoms with Gasteiger partial charge in [0.15, 0.2) is 0 Å². The highest BCUT2D eigenvalue weighted by Gasteiger charge is 2.05. The minimum Gasteiger partial charge on any atom is -0.328 e. The van der Waals surface area contributed by atoms with Gasteiger partial charge in [-0.25, -0.2) is 0 Å². The molecule has 2 atom stereocenters. The molecule has 0 saturated heterocycles. The Kier molecular flexibility index (Phi) is 9.22. The van der Waals surface area contributed by atoms with E-state index in [4.69, 9.17) is 5.73 Å². The molecule has 0 aliphatic rings. The van der Waals surface area contributed by atoms with Gasteiger partial charge in [-0.05, 0) is 26.8 Å². The van der Waals surface area contributed by atoms with Gasteiger partial charge in [0.05, 0.1) is 18.7 Å². The number of halogens is 2. The number of ether oxygens (including phenoxy) is 1. The Balaban J connectivity index is 4.04. The molecule has 0 spiro atoms. The molecule has 0 aromatic carbocycles. The second-order valence-corrected chi connectivity index (χ2v) is 3.86. The minimum absolute atomic E-state index is 0.0931. The van der Waals surface area contributed by atoms with Crippen LogP contribution in [0.25, 0.3) is 0 Å². The molecule has 104 valence electrons. The first-order chi connectivity index (χ1) is 8.45. The smallest absolute Gasteiger partial charge is 0.328 e. The molecular formula is C12H21F2N3O. The number of nitrogens with zero attached hydrogens (tertiary/aromatic N) is 2. The van der Waals surface area contributed by atoms with Crippen LogP contribution >= 0.6 is 0 Å². The first-order valence-electron chi connectivity index (χ1n) is 5.80. The fourth-order valence-corrected chi connectivity index (χ4v) is 1.01. The van der Waals surface area contributed by atoms with Crippen molar-refractivity contribution in [3.63, 3.8) is 0 Å². The summed E-state index contributed by atoms with van der Waals surface area (Å²) in [4.78, 5) is 8.32. The Bertz CT molecular complexity index is 304. The normalized spacial score (nSPS) is 16.9. The van der Waals surface area contributed by atoms with Gasteiger partial charge < -0.3 is 10.5 Å². The lowest BCUT2D eigenvalue weighted by Gasteiger charge is -2.06. The van der Waals surface area contributed by atoms with E-state index in [2.05, 4.69) is 14.7 Å². The SMILES string of the molecule is CC(/C=C\C(C)OC(F)F)=NCC=NC(C)CN. The Morgan fingerprint density at radius 3 is 2.61 bits per heavy atom. The zero-order valence-electron chi connectivity index (χ0n) is 11.0. The molecule has 18 heavy (non-hydrogen) atoms. The van der Waals surface area contributed by atoms with Gasteiger partial charge in [-0.15, -0.1) is 0 Å². The van der Waals surface area contributed by atoms with Crippen LogP contribution in [0.3, 0.4) is 0 Å². The third-order valence-electron chi connectivity index (χ3n) is 2.05. The van der Waals surface area contributed by atoms with Gasteiger partial charge in [0.1, 0.15) is 0 Å². The van der Waals surface area contributed by atoms with Crippen LogP contribution in [0.15, 0.2) is 22.1 Å². The number of allylic oxidation sites excluding steroid dienone is 1. The zero-order chi connectivity index (χ0) is 14.0. The van der Waals surface area contributed by atoms with Crippen molar-refractivity contribution in [2.45, 2.75) is 39.5 Å². The van der Waals surface area contributed by atoms with Crippen LogP contribution in [0.2, 0.25) is 0 Å². The maximum atomic E-state index is 11.9. The van der Waals surface area contributed by atoms with Crippen LogP contribution in [0.1, 0.15) is 20.8 Å². The van der Waals surface area contributed by atoms with Gasteiger partial charge in [-0.2, -0.15) is 8.78 Å². The van der Waals surface area contributed by atoms with Crippen molar-refractivity contribution in [1.29, 1.82) is 0 Å². The Morgan fingerprint density at radius 2 is 2.06 bits per heavy atom. The lowest BCUT2D eigenvalue weighted by Crippen LogP contribution is -2.14. The van der Waals surface area contributed by atoms with Crippen molar-refractivity contribution in [2.24, 2.45) is 15.7 Å². The van der Waals surface area contributed by atoms with Crippen LogP contribution in [0.5, 0.6) is 0 Å². The molecule has 2 N–H and O–H groups in total. The summed E-state index contributed by atoms with van der Waals surface area (Å²) in [5, 5.41) is 0. The topological polar surface area (TPSA) is 60.0 Å². The van der Waals surface area contributed by atoms with E-state index in [0.717, 1.165) is 5.71 Å². The molecule has 0 aromatic heterocycles. The van der Waals surface area contributed by atoms with Crippen molar-refractivity contribution < 1.29 is 13.5 Å². The fourth-order valence-electron chi connectivity index (χ4n) is 1.01. The van der Waals surface area contributed by atoms with Crippen LogP contribution in [-0.4, -0.2) is 43.8 Å². The third kappa shape index (κ3) is 10.0. The second-order valence-electron chi connectivity index (χ2n) is 3.86. The molecule has 0 rings (SSSR count). The number of aliphatic imine (C=N–C) groups is 2. The van der Waals surface area contributed by atoms with E-state index in [1.54, 1.807) is 26.1 Å². The summed E-state index contributed by atoms with van der Waals surface area (Å²) in [6.07, 6.45) is 4.23. The first-order valence-corrected chi connectivity index (χ1v) is 5.80. The summed E-state index contributed by atoms with van der Waals surface area (Å²) < 4.78 is 28.0.